The highest BCUT2D eigenvalue weighted by Crippen LogP contribution is 2.28. The number of nitrogens with zero attached hydrogens (tertiary/aromatic N) is 6. The van der Waals surface area contributed by atoms with E-state index in [9.17, 15) is 9.59 Å². The first-order chi connectivity index (χ1) is 17.5. The van der Waals surface area contributed by atoms with Crippen LogP contribution in [0.15, 0.2) is 63.2 Å². The van der Waals surface area contributed by atoms with Crippen molar-refractivity contribution in [3.63, 3.8) is 0 Å². The van der Waals surface area contributed by atoms with E-state index in [2.05, 4.69) is 35.8 Å². The lowest BCUT2D eigenvalue weighted by atomic mass is 10.2. The van der Waals surface area contributed by atoms with Crippen LogP contribution >= 0.6 is 11.8 Å². The molecular formula is C22H20N8O5S. The number of anilines is 1. The minimum atomic E-state index is -0.598. The maximum atomic E-state index is 12.9. The fourth-order valence-corrected chi connectivity index (χ4v) is 3.92. The second kappa shape index (κ2) is 11.1. The number of nitrogens with two attached hydrogens (primary N) is 1. The van der Waals surface area contributed by atoms with E-state index in [1.54, 1.807) is 18.2 Å². The van der Waals surface area contributed by atoms with Crippen molar-refractivity contribution in [2.75, 3.05) is 12.8 Å². The molecule has 36 heavy (non-hydrogen) atoms. The predicted molar refractivity (Wildman–Crippen MR) is 129 cm³/mol. The zero-order valence-corrected chi connectivity index (χ0v) is 19.9. The second-order valence-corrected chi connectivity index (χ2v) is 8.12. The van der Waals surface area contributed by atoms with Crippen molar-refractivity contribution in [1.29, 1.82) is 0 Å². The van der Waals surface area contributed by atoms with E-state index in [-0.39, 0.29) is 23.1 Å². The number of hydrogen-bond donors (Lipinski definition) is 2. The smallest absolute Gasteiger partial charge is 0.308 e. The van der Waals surface area contributed by atoms with E-state index >= 15 is 0 Å². The molecule has 0 atom stereocenters. The van der Waals surface area contributed by atoms with Crippen LogP contribution in [0.1, 0.15) is 28.7 Å². The summed E-state index contributed by atoms with van der Waals surface area (Å²) in [5.74, 6) is -0.0212. The predicted octanol–water partition coefficient (Wildman–Crippen LogP) is 2.22. The molecule has 0 aliphatic heterocycles. The molecule has 0 unspecified atom stereocenters. The Balaban J connectivity index is 1.53. The number of carbonyl (C=O) groups is 2. The Labute approximate surface area is 208 Å². The highest BCUT2D eigenvalue weighted by Gasteiger charge is 2.24. The van der Waals surface area contributed by atoms with Crippen molar-refractivity contribution in [3.8, 4) is 17.3 Å². The number of esters is 1. The van der Waals surface area contributed by atoms with Crippen LogP contribution in [0.3, 0.4) is 0 Å². The van der Waals surface area contributed by atoms with E-state index < -0.39 is 11.9 Å². The number of nitrogen functional groups attached to an aromatic ring is 1. The molecule has 0 spiro atoms. The van der Waals surface area contributed by atoms with Crippen molar-refractivity contribution < 1.29 is 23.7 Å². The van der Waals surface area contributed by atoms with Gasteiger partial charge < -0.3 is 15.2 Å². The topological polar surface area (TPSA) is 173 Å². The average Bonchev–Trinajstić information content (AvgIpc) is 3.49. The number of carbonyl (C=O) groups excluding carboxylic acids is 2. The zero-order chi connectivity index (χ0) is 25.5. The van der Waals surface area contributed by atoms with Crippen LogP contribution < -0.4 is 20.6 Å². The Bertz CT molecular complexity index is 1400. The van der Waals surface area contributed by atoms with Crippen molar-refractivity contribution >= 4 is 35.7 Å². The van der Waals surface area contributed by atoms with Gasteiger partial charge >= 0.3 is 5.97 Å². The number of thioether (sulfide) groups is 1. The first-order valence-corrected chi connectivity index (χ1v) is 11.4. The summed E-state index contributed by atoms with van der Waals surface area (Å²) >= 11 is 1.47. The molecule has 0 saturated carbocycles. The first kappa shape index (κ1) is 24.4. The maximum absolute atomic E-state index is 12.9. The second-order valence-electron chi connectivity index (χ2n) is 7.07. The Hall–Kier alpha value is -4.72. The lowest BCUT2D eigenvalue weighted by Crippen LogP contribution is -2.20. The molecule has 0 fully saturated rings. The van der Waals surface area contributed by atoms with Gasteiger partial charge in [0, 0.05) is 17.6 Å². The summed E-state index contributed by atoms with van der Waals surface area (Å²) in [6, 6.07) is 14.4. The van der Waals surface area contributed by atoms with Gasteiger partial charge in [-0.25, -0.2) is 10.1 Å². The lowest BCUT2D eigenvalue weighted by Gasteiger charge is -2.08. The van der Waals surface area contributed by atoms with Crippen molar-refractivity contribution in [3.05, 3.63) is 65.5 Å². The summed E-state index contributed by atoms with van der Waals surface area (Å²) in [5, 5.41) is 19.3. The van der Waals surface area contributed by atoms with Crippen LogP contribution in [0.5, 0.6) is 11.5 Å². The molecule has 13 nitrogen and oxygen atoms in total. The molecule has 2 aromatic heterocycles. The molecule has 14 heteroatoms. The highest BCUT2D eigenvalue weighted by molar-refractivity contribution is 7.98. The third kappa shape index (κ3) is 5.67. The number of amides is 1. The quantitative estimate of drug-likeness (QED) is 0.112. The lowest BCUT2D eigenvalue weighted by molar-refractivity contribution is -0.132. The first-order valence-electron chi connectivity index (χ1n) is 10.4. The van der Waals surface area contributed by atoms with E-state index in [0.717, 1.165) is 4.90 Å². The Morgan fingerprint density at radius 3 is 2.69 bits per heavy atom. The van der Waals surface area contributed by atoms with Gasteiger partial charge in [-0.15, -0.1) is 16.9 Å². The van der Waals surface area contributed by atoms with Gasteiger partial charge in [-0.2, -0.15) is 9.78 Å². The fraction of sp³-hybridized carbons (Fsp3) is 0.136. The van der Waals surface area contributed by atoms with Gasteiger partial charge in [0.1, 0.15) is 0 Å². The molecule has 2 aromatic carbocycles. The largest absolute Gasteiger partial charge is 0.493 e. The van der Waals surface area contributed by atoms with Crippen LogP contribution in [-0.2, 0) is 10.5 Å². The van der Waals surface area contributed by atoms with E-state index in [0.29, 0.717) is 22.8 Å². The standard InChI is InChI=1S/C22H20N8O5S/c1-13(31)34-17-9-8-14(10-18(17)33-2)11-24-26-22(32)19-16(12-36-15-6-4-3-5-7-15)30(29-25-19)21-20(23)27-35-28-21/h3-11H,12H2,1-2H3,(H2,23,27)(H,26,32)/b24-11-. The summed E-state index contributed by atoms with van der Waals surface area (Å²) < 4.78 is 16.3. The molecule has 0 radical (unpaired) electrons. The number of benzene rings is 2. The Morgan fingerprint density at radius 1 is 1.19 bits per heavy atom. The third-order valence-electron chi connectivity index (χ3n) is 4.61. The molecule has 1 amide bonds. The third-order valence-corrected chi connectivity index (χ3v) is 5.64. The molecule has 0 bridgehead atoms. The van der Waals surface area contributed by atoms with Crippen LogP contribution in [-0.4, -0.2) is 50.5 Å². The summed E-state index contributed by atoms with van der Waals surface area (Å²) in [4.78, 5) is 25.1. The maximum Gasteiger partial charge on any atom is 0.308 e. The number of rotatable bonds is 9. The zero-order valence-electron chi connectivity index (χ0n) is 19.1. The summed E-state index contributed by atoms with van der Waals surface area (Å²) in [7, 11) is 1.44. The van der Waals surface area contributed by atoms with Gasteiger partial charge in [-0.3, -0.25) is 9.59 Å². The molecule has 0 saturated heterocycles. The summed E-state index contributed by atoms with van der Waals surface area (Å²) in [5.41, 5.74) is 9.29. The van der Waals surface area contributed by atoms with E-state index in [1.165, 1.54) is 36.7 Å². The van der Waals surface area contributed by atoms with E-state index in [1.807, 2.05) is 30.3 Å². The van der Waals surface area contributed by atoms with Crippen molar-refractivity contribution in [2.24, 2.45) is 5.10 Å². The van der Waals surface area contributed by atoms with E-state index in [4.69, 9.17) is 15.2 Å². The average molecular weight is 509 g/mol. The Morgan fingerprint density at radius 2 is 2.00 bits per heavy atom. The molecule has 0 aliphatic carbocycles. The number of hydrogen-bond acceptors (Lipinski definition) is 12. The molecule has 0 aliphatic rings. The number of methoxy groups -OCH3 is 1. The Kier molecular flexibility index (Phi) is 7.55. The molecule has 4 rings (SSSR count). The number of ether oxygens (including phenoxy) is 2. The minimum absolute atomic E-state index is 0.00184. The van der Waals surface area contributed by atoms with Crippen molar-refractivity contribution in [2.45, 2.75) is 17.6 Å². The number of hydrazone groups is 1. The highest BCUT2D eigenvalue weighted by atomic mass is 32.2. The van der Waals surface area contributed by atoms with Gasteiger partial charge in [0.15, 0.2) is 17.2 Å². The van der Waals surface area contributed by atoms with Gasteiger partial charge in [-0.05, 0) is 46.2 Å². The minimum Gasteiger partial charge on any atom is -0.493 e. The molecular weight excluding hydrogens is 488 g/mol. The normalized spacial score (nSPS) is 10.9. The van der Waals surface area contributed by atoms with Crippen LogP contribution in [0.2, 0.25) is 0 Å². The monoisotopic (exact) mass is 508 g/mol. The molecule has 4 aromatic rings. The van der Waals surface area contributed by atoms with Crippen LogP contribution in [0.25, 0.3) is 5.82 Å². The summed E-state index contributed by atoms with van der Waals surface area (Å²) in [6.45, 7) is 1.29. The number of aromatic nitrogens is 5. The van der Waals surface area contributed by atoms with Gasteiger partial charge in [0.2, 0.25) is 11.6 Å². The SMILES string of the molecule is COc1cc(/C=N\NC(=O)c2nnn(-c3nonc3N)c2CSc2ccccc2)ccc1OC(C)=O. The van der Waals surface area contributed by atoms with Gasteiger partial charge in [0.05, 0.1) is 19.0 Å². The van der Waals surface area contributed by atoms with Crippen LogP contribution in [0.4, 0.5) is 5.82 Å². The van der Waals surface area contributed by atoms with Gasteiger partial charge in [-0.1, -0.05) is 23.4 Å². The van der Waals surface area contributed by atoms with Gasteiger partial charge in [0.25, 0.3) is 5.91 Å². The van der Waals surface area contributed by atoms with Crippen molar-refractivity contribution in [1.82, 2.24) is 30.7 Å². The van der Waals surface area contributed by atoms with Crippen LogP contribution in [0, 0.1) is 0 Å². The molecule has 2 heterocycles. The molecule has 3 N–H and O–H groups in total. The molecule has 184 valence electrons. The fourth-order valence-electron chi connectivity index (χ4n) is 3.01. The number of nitrogens with one attached hydrogen (secondary N) is 1. The summed E-state index contributed by atoms with van der Waals surface area (Å²) in [6.07, 6.45) is 1.40.